The van der Waals surface area contributed by atoms with Gasteiger partial charge in [-0.2, -0.15) is 0 Å². The van der Waals surface area contributed by atoms with Crippen LogP contribution in [-0.2, 0) is 4.74 Å². The van der Waals surface area contributed by atoms with E-state index in [9.17, 15) is 0 Å². The van der Waals surface area contributed by atoms with E-state index >= 15 is 0 Å². The molecule has 2 aliphatic heterocycles. The van der Waals surface area contributed by atoms with E-state index in [1.165, 1.54) is 38.9 Å². The van der Waals surface area contributed by atoms with E-state index < -0.39 is 0 Å². The van der Waals surface area contributed by atoms with Crippen molar-refractivity contribution in [2.45, 2.75) is 44.8 Å². The zero-order chi connectivity index (χ0) is 10.7. The van der Waals surface area contributed by atoms with Gasteiger partial charge in [-0.3, -0.25) is 0 Å². The second-order valence-electron chi connectivity index (χ2n) is 5.15. The highest BCUT2D eigenvalue weighted by atomic mass is 16.5. The zero-order valence-electron chi connectivity index (χ0n) is 9.82. The van der Waals surface area contributed by atoms with E-state index in [-0.39, 0.29) is 0 Å². The van der Waals surface area contributed by atoms with Gasteiger partial charge in [-0.05, 0) is 38.1 Å². The Kier molecular flexibility index (Phi) is 4.00. The molecular weight excluding hydrogens is 188 g/mol. The largest absolute Gasteiger partial charge is 0.378 e. The van der Waals surface area contributed by atoms with E-state index in [1.54, 1.807) is 0 Å². The van der Waals surface area contributed by atoms with Crippen LogP contribution in [-0.4, -0.2) is 43.3 Å². The summed E-state index contributed by atoms with van der Waals surface area (Å²) in [6.45, 7) is 6.79. The van der Waals surface area contributed by atoms with Crippen LogP contribution in [0.1, 0.15) is 32.6 Å². The highest BCUT2D eigenvalue weighted by Gasteiger charge is 2.24. The van der Waals surface area contributed by atoms with Gasteiger partial charge in [-0.25, -0.2) is 0 Å². The first-order chi connectivity index (χ1) is 7.25. The molecule has 0 aromatic rings. The van der Waals surface area contributed by atoms with Gasteiger partial charge >= 0.3 is 0 Å². The van der Waals surface area contributed by atoms with E-state index in [2.05, 4.69) is 11.8 Å². The summed E-state index contributed by atoms with van der Waals surface area (Å²) in [5.41, 5.74) is 6.01. The van der Waals surface area contributed by atoms with Crippen molar-refractivity contribution >= 4 is 0 Å². The lowest BCUT2D eigenvalue weighted by molar-refractivity contribution is 0.0818. The molecule has 88 valence electrons. The zero-order valence-corrected chi connectivity index (χ0v) is 9.82. The van der Waals surface area contributed by atoms with Crippen LogP contribution in [0.5, 0.6) is 0 Å². The number of hydrogen-bond acceptors (Lipinski definition) is 3. The molecule has 2 aliphatic rings. The quantitative estimate of drug-likeness (QED) is 0.764. The molecule has 0 spiro atoms. The molecule has 0 bridgehead atoms. The summed E-state index contributed by atoms with van der Waals surface area (Å²) in [4.78, 5) is 2.55. The van der Waals surface area contributed by atoms with Gasteiger partial charge in [0.25, 0.3) is 0 Å². The predicted octanol–water partition coefficient (Wildman–Crippen LogP) is 1.22. The first kappa shape index (κ1) is 11.4. The Hall–Kier alpha value is -0.120. The molecule has 0 aromatic carbocycles. The number of ether oxygens (including phenoxy) is 1. The van der Waals surface area contributed by atoms with E-state index in [0.717, 1.165) is 13.0 Å². The van der Waals surface area contributed by atoms with E-state index in [4.69, 9.17) is 10.5 Å². The Balaban J connectivity index is 1.66. The number of likely N-dealkylation sites (tertiary alicyclic amines) is 1. The van der Waals surface area contributed by atoms with Crippen LogP contribution in [0, 0.1) is 5.92 Å². The number of nitrogens with two attached hydrogens (primary N) is 1. The molecule has 0 aromatic heterocycles. The Bertz CT molecular complexity index is 192. The second kappa shape index (κ2) is 5.28. The molecule has 0 radical (unpaired) electrons. The summed E-state index contributed by atoms with van der Waals surface area (Å²) in [7, 11) is 0. The van der Waals surface area contributed by atoms with Gasteiger partial charge in [0.15, 0.2) is 0 Å². The lowest BCUT2D eigenvalue weighted by atomic mass is 9.94. The van der Waals surface area contributed by atoms with Crippen molar-refractivity contribution in [1.82, 2.24) is 4.90 Å². The monoisotopic (exact) mass is 212 g/mol. The average molecular weight is 212 g/mol. The normalized spacial score (nSPS) is 38.4. The minimum Gasteiger partial charge on any atom is -0.378 e. The maximum atomic E-state index is 6.01. The summed E-state index contributed by atoms with van der Waals surface area (Å²) in [5.74, 6) is 0.656. The summed E-state index contributed by atoms with van der Waals surface area (Å²) in [6, 6.07) is 0.420. The third-order valence-electron chi connectivity index (χ3n) is 3.85. The molecule has 3 nitrogen and oxygen atoms in total. The van der Waals surface area contributed by atoms with Crippen molar-refractivity contribution in [2.75, 3.05) is 26.2 Å². The van der Waals surface area contributed by atoms with E-state index in [1.807, 2.05) is 0 Å². The standard InChI is InChI=1S/C12H24N2O/c1-10-9-14(7-5-12(10)13)6-4-11-3-2-8-15-11/h10-12H,2-9,13H2,1H3. The molecule has 0 saturated carbocycles. The molecule has 0 amide bonds. The molecule has 2 fully saturated rings. The second-order valence-corrected chi connectivity index (χ2v) is 5.15. The molecule has 2 N–H and O–H groups in total. The minimum atomic E-state index is 0.420. The van der Waals surface area contributed by atoms with Crippen LogP contribution < -0.4 is 5.73 Å². The maximum Gasteiger partial charge on any atom is 0.0588 e. The Morgan fingerprint density at radius 1 is 1.40 bits per heavy atom. The lowest BCUT2D eigenvalue weighted by Gasteiger charge is -2.35. The third-order valence-corrected chi connectivity index (χ3v) is 3.85. The molecule has 2 heterocycles. The van der Waals surface area contributed by atoms with E-state index in [0.29, 0.717) is 18.1 Å². The van der Waals surface area contributed by atoms with Crippen molar-refractivity contribution in [3.8, 4) is 0 Å². The molecule has 0 aliphatic carbocycles. The van der Waals surface area contributed by atoms with Crippen molar-refractivity contribution in [1.29, 1.82) is 0 Å². The Labute approximate surface area is 93.0 Å². The van der Waals surface area contributed by atoms with Gasteiger partial charge in [-0.15, -0.1) is 0 Å². The highest BCUT2D eigenvalue weighted by molar-refractivity contribution is 4.80. The number of hydrogen-bond donors (Lipinski definition) is 1. The lowest BCUT2D eigenvalue weighted by Crippen LogP contribution is -2.46. The Morgan fingerprint density at radius 3 is 2.93 bits per heavy atom. The van der Waals surface area contributed by atoms with Gasteiger partial charge < -0.3 is 15.4 Å². The van der Waals surface area contributed by atoms with Crippen LogP contribution in [0.15, 0.2) is 0 Å². The molecule has 3 unspecified atom stereocenters. The maximum absolute atomic E-state index is 6.01. The van der Waals surface area contributed by atoms with Crippen molar-refractivity contribution < 1.29 is 4.74 Å². The highest BCUT2D eigenvalue weighted by Crippen LogP contribution is 2.19. The summed E-state index contributed by atoms with van der Waals surface area (Å²) >= 11 is 0. The van der Waals surface area contributed by atoms with Gasteiger partial charge in [0.1, 0.15) is 0 Å². The number of nitrogens with zero attached hydrogens (tertiary/aromatic N) is 1. The number of piperidine rings is 1. The number of rotatable bonds is 3. The van der Waals surface area contributed by atoms with Crippen LogP contribution in [0.2, 0.25) is 0 Å². The topological polar surface area (TPSA) is 38.5 Å². The predicted molar refractivity (Wildman–Crippen MR) is 61.8 cm³/mol. The molecule has 3 heteroatoms. The SMILES string of the molecule is CC1CN(CCC2CCCO2)CCC1N. The molecule has 15 heavy (non-hydrogen) atoms. The first-order valence-electron chi connectivity index (χ1n) is 6.35. The minimum absolute atomic E-state index is 0.420. The van der Waals surface area contributed by atoms with Crippen molar-refractivity contribution in [2.24, 2.45) is 11.7 Å². The summed E-state index contributed by atoms with van der Waals surface area (Å²) in [5, 5.41) is 0. The summed E-state index contributed by atoms with van der Waals surface area (Å²) < 4.78 is 5.64. The van der Waals surface area contributed by atoms with Gasteiger partial charge in [-0.1, -0.05) is 6.92 Å². The third kappa shape index (κ3) is 3.16. The average Bonchev–Trinajstić information content (AvgIpc) is 2.73. The fraction of sp³-hybridized carbons (Fsp3) is 1.00. The molecular formula is C12H24N2O. The van der Waals surface area contributed by atoms with Crippen LogP contribution in [0.3, 0.4) is 0 Å². The molecule has 2 saturated heterocycles. The van der Waals surface area contributed by atoms with Crippen molar-refractivity contribution in [3.05, 3.63) is 0 Å². The molecule has 2 rings (SSSR count). The van der Waals surface area contributed by atoms with Crippen LogP contribution in [0.25, 0.3) is 0 Å². The fourth-order valence-electron chi connectivity index (χ4n) is 2.65. The van der Waals surface area contributed by atoms with Crippen LogP contribution >= 0.6 is 0 Å². The van der Waals surface area contributed by atoms with Crippen LogP contribution in [0.4, 0.5) is 0 Å². The van der Waals surface area contributed by atoms with Gasteiger partial charge in [0.05, 0.1) is 6.10 Å². The van der Waals surface area contributed by atoms with Crippen molar-refractivity contribution in [3.63, 3.8) is 0 Å². The molecule has 3 atom stereocenters. The van der Waals surface area contributed by atoms with Gasteiger partial charge in [0, 0.05) is 25.7 Å². The fourth-order valence-corrected chi connectivity index (χ4v) is 2.65. The summed E-state index contributed by atoms with van der Waals surface area (Å²) in [6.07, 6.45) is 5.43. The van der Waals surface area contributed by atoms with Gasteiger partial charge in [0.2, 0.25) is 0 Å². The smallest absolute Gasteiger partial charge is 0.0588 e. The first-order valence-corrected chi connectivity index (χ1v) is 6.35. The Morgan fingerprint density at radius 2 is 2.27 bits per heavy atom.